The molecule has 4 rings (SSSR count). The Kier molecular flexibility index (Phi) is 11.4. The second-order valence-corrected chi connectivity index (χ2v) is 22.5. The Morgan fingerprint density at radius 2 is 1.33 bits per heavy atom. The Hall–Kier alpha value is -0.926. The second-order valence-electron chi connectivity index (χ2n) is 11.9. The highest BCUT2D eigenvalue weighted by Crippen LogP contribution is 2.29. The van der Waals surface area contributed by atoms with Crippen molar-refractivity contribution in [2.45, 2.75) is 102 Å². The minimum absolute atomic E-state index is 0.250. The van der Waals surface area contributed by atoms with E-state index in [-0.39, 0.29) is 6.61 Å². The molecular formula is C26H50N2O3Si2. The van der Waals surface area contributed by atoms with Crippen molar-refractivity contribution in [3.63, 3.8) is 0 Å². The summed E-state index contributed by atoms with van der Waals surface area (Å²) in [6, 6.07) is 5.19. The van der Waals surface area contributed by atoms with Crippen LogP contribution in [0.15, 0.2) is 11.6 Å². The van der Waals surface area contributed by atoms with Gasteiger partial charge < -0.3 is 14.9 Å². The molecule has 2 aliphatic carbocycles. The van der Waals surface area contributed by atoms with Crippen LogP contribution in [0.2, 0.25) is 50.4 Å². The van der Waals surface area contributed by atoms with Crippen molar-refractivity contribution >= 4 is 28.0 Å². The highest BCUT2D eigenvalue weighted by Gasteiger charge is 2.33. The van der Waals surface area contributed by atoms with Crippen molar-refractivity contribution < 1.29 is 14.7 Å². The molecule has 0 spiro atoms. The lowest BCUT2D eigenvalue weighted by atomic mass is 10.1. The van der Waals surface area contributed by atoms with Gasteiger partial charge in [0, 0.05) is 44.3 Å². The molecular weight excluding hydrogens is 444 g/mol. The normalized spacial score (nSPS) is 24.2. The van der Waals surface area contributed by atoms with Crippen molar-refractivity contribution in [2.75, 3.05) is 32.8 Å². The van der Waals surface area contributed by atoms with E-state index in [0.717, 1.165) is 57.4 Å². The SMILES string of the molecule is CCO.C[Si]1(C)CCN(C(=O)C2=CCCC2)CC1.C[Si]1(C)CCN(C(=O)C2CCCC2)CC1. The fraction of sp³-hybridized carbons (Fsp3) is 0.846. The van der Waals surface area contributed by atoms with E-state index in [9.17, 15) is 9.59 Å². The van der Waals surface area contributed by atoms with Gasteiger partial charge in [-0.2, -0.15) is 0 Å². The third-order valence-corrected chi connectivity index (χ3v) is 14.2. The lowest BCUT2D eigenvalue weighted by Gasteiger charge is -2.36. The predicted octanol–water partition coefficient (Wildman–Crippen LogP) is 5.37. The van der Waals surface area contributed by atoms with Crippen LogP contribution in [0.3, 0.4) is 0 Å². The van der Waals surface area contributed by atoms with E-state index in [1.165, 1.54) is 43.4 Å². The van der Waals surface area contributed by atoms with Gasteiger partial charge in [0.05, 0.1) is 16.1 Å². The van der Waals surface area contributed by atoms with Crippen LogP contribution in [0.4, 0.5) is 0 Å². The van der Waals surface area contributed by atoms with Crippen LogP contribution in [0.5, 0.6) is 0 Å². The van der Waals surface area contributed by atoms with Crippen LogP contribution in [0.25, 0.3) is 0 Å². The standard InChI is InChI=1S/C12H23NOSi.C12H21NOSi.C2H6O/c2*1-15(2)9-7-13(8-10-15)12(14)11-5-3-4-6-11;1-2-3/h11H,3-10H2,1-2H3;5H,3-4,6-10H2,1-2H3;3H,2H2,1H3. The molecule has 2 saturated heterocycles. The first-order valence-corrected chi connectivity index (χ1v) is 20.3. The molecule has 3 fully saturated rings. The molecule has 190 valence electrons. The number of hydrogen-bond donors (Lipinski definition) is 1. The van der Waals surface area contributed by atoms with Crippen LogP contribution >= 0.6 is 0 Å². The molecule has 0 bridgehead atoms. The van der Waals surface area contributed by atoms with Crippen molar-refractivity contribution in [1.29, 1.82) is 0 Å². The first-order valence-electron chi connectivity index (χ1n) is 13.5. The van der Waals surface area contributed by atoms with E-state index < -0.39 is 16.1 Å². The van der Waals surface area contributed by atoms with Crippen molar-refractivity contribution in [3.05, 3.63) is 11.6 Å². The maximum absolute atomic E-state index is 12.2. The molecule has 0 unspecified atom stereocenters. The Labute approximate surface area is 205 Å². The van der Waals surface area contributed by atoms with Gasteiger partial charge in [0.25, 0.3) is 0 Å². The molecule has 2 heterocycles. The lowest BCUT2D eigenvalue weighted by molar-refractivity contribution is -0.135. The van der Waals surface area contributed by atoms with Crippen molar-refractivity contribution in [2.24, 2.45) is 5.92 Å². The average Bonchev–Trinajstić information content (AvgIpc) is 3.48. The number of aliphatic hydroxyl groups excluding tert-OH is 1. The summed E-state index contributed by atoms with van der Waals surface area (Å²) in [4.78, 5) is 28.5. The molecule has 0 atom stereocenters. The summed E-state index contributed by atoms with van der Waals surface area (Å²) in [6.45, 7) is 15.8. The number of hydrogen-bond acceptors (Lipinski definition) is 3. The van der Waals surface area contributed by atoms with Gasteiger partial charge in [-0.15, -0.1) is 0 Å². The molecule has 1 saturated carbocycles. The second kappa shape index (κ2) is 13.2. The zero-order valence-corrected chi connectivity index (χ0v) is 24.1. The number of amides is 2. The molecule has 7 heteroatoms. The van der Waals surface area contributed by atoms with Gasteiger partial charge in [0.2, 0.25) is 11.8 Å². The summed E-state index contributed by atoms with van der Waals surface area (Å²) in [5.74, 6) is 1.18. The van der Waals surface area contributed by atoms with E-state index >= 15 is 0 Å². The first kappa shape index (κ1) is 28.3. The number of carbonyl (C=O) groups excluding carboxylic acids is 2. The molecule has 0 aromatic carbocycles. The summed E-state index contributed by atoms with van der Waals surface area (Å²) < 4.78 is 0. The highest BCUT2D eigenvalue weighted by atomic mass is 28.3. The van der Waals surface area contributed by atoms with Crippen LogP contribution < -0.4 is 0 Å². The Bertz CT molecular complexity index is 652. The zero-order valence-electron chi connectivity index (χ0n) is 22.1. The van der Waals surface area contributed by atoms with E-state index in [0.29, 0.717) is 17.7 Å². The van der Waals surface area contributed by atoms with E-state index in [1.807, 2.05) is 0 Å². The maximum atomic E-state index is 12.2. The summed E-state index contributed by atoms with van der Waals surface area (Å²) >= 11 is 0. The third kappa shape index (κ3) is 9.32. The summed E-state index contributed by atoms with van der Waals surface area (Å²) in [6.07, 6.45) is 10.3. The van der Waals surface area contributed by atoms with Gasteiger partial charge >= 0.3 is 0 Å². The topological polar surface area (TPSA) is 60.9 Å². The summed E-state index contributed by atoms with van der Waals surface area (Å²) in [5.41, 5.74) is 1.08. The zero-order chi connectivity index (χ0) is 24.5. The van der Waals surface area contributed by atoms with Gasteiger partial charge in [-0.3, -0.25) is 9.59 Å². The third-order valence-electron chi connectivity index (χ3n) is 7.85. The molecule has 2 aliphatic heterocycles. The van der Waals surface area contributed by atoms with Crippen LogP contribution in [0.1, 0.15) is 51.9 Å². The molecule has 1 N–H and O–H groups in total. The number of rotatable bonds is 2. The predicted molar refractivity (Wildman–Crippen MR) is 144 cm³/mol. The monoisotopic (exact) mass is 494 g/mol. The number of carbonyl (C=O) groups is 2. The molecule has 0 aromatic heterocycles. The Morgan fingerprint density at radius 1 is 0.879 bits per heavy atom. The fourth-order valence-corrected chi connectivity index (χ4v) is 9.15. The van der Waals surface area contributed by atoms with Crippen molar-refractivity contribution in [3.8, 4) is 0 Å². The quantitative estimate of drug-likeness (QED) is 0.525. The number of nitrogens with zero attached hydrogens (tertiary/aromatic N) is 2. The van der Waals surface area contributed by atoms with Crippen LogP contribution in [0, 0.1) is 5.92 Å². The van der Waals surface area contributed by atoms with Gasteiger partial charge in [0.15, 0.2) is 0 Å². The smallest absolute Gasteiger partial charge is 0.249 e. The molecule has 4 aliphatic rings. The number of aliphatic hydroxyl groups is 1. The van der Waals surface area contributed by atoms with Crippen LogP contribution in [-0.2, 0) is 9.59 Å². The van der Waals surface area contributed by atoms with Gasteiger partial charge in [-0.05, 0) is 63.2 Å². The molecule has 2 amide bonds. The van der Waals surface area contributed by atoms with Gasteiger partial charge in [-0.1, -0.05) is 45.1 Å². The largest absolute Gasteiger partial charge is 0.397 e. The summed E-state index contributed by atoms with van der Waals surface area (Å²) in [7, 11) is -1.84. The van der Waals surface area contributed by atoms with E-state index in [2.05, 4.69) is 42.1 Å². The highest BCUT2D eigenvalue weighted by molar-refractivity contribution is 6.78. The first-order chi connectivity index (χ1) is 15.6. The Morgan fingerprint density at radius 3 is 1.76 bits per heavy atom. The average molecular weight is 495 g/mol. The van der Waals surface area contributed by atoms with Crippen molar-refractivity contribution in [1.82, 2.24) is 9.80 Å². The minimum atomic E-state index is -0.931. The minimum Gasteiger partial charge on any atom is -0.397 e. The van der Waals surface area contributed by atoms with E-state index in [4.69, 9.17) is 5.11 Å². The lowest BCUT2D eigenvalue weighted by Crippen LogP contribution is -2.47. The maximum Gasteiger partial charge on any atom is 0.249 e. The van der Waals surface area contributed by atoms with Gasteiger partial charge in [-0.25, -0.2) is 0 Å². The number of allylic oxidation sites excluding steroid dienone is 1. The molecule has 0 aromatic rings. The Balaban J connectivity index is 0.000000209. The fourth-order valence-electron chi connectivity index (χ4n) is 5.15. The van der Waals surface area contributed by atoms with Gasteiger partial charge in [0.1, 0.15) is 0 Å². The molecule has 0 radical (unpaired) electrons. The summed E-state index contributed by atoms with van der Waals surface area (Å²) in [5, 5.41) is 7.57. The molecule has 5 nitrogen and oxygen atoms in total. The van der Waals surface area contributed by atoms with Crippen LogP contribution in [-0.4, -0.2) is 75.7 Å². The molecule has 33 heavy (non-hydrogen) atoms. The van der Waals surface area contributed by atoms with E-state index in [1.54, 1.807) is 6.92 Å².